The SMILES string of the molecule is OC(CBr)C(O)c1cccc2ccncc12. The smallest absolute Gasteiger partial charge is 0.106 e. The molecule has 2 aromatic rings. The van der Waals surface area contributed by atoms with Crippen molar-refractivity contribution in [1.29, 1.82) is 0 Å². The number of alkyl halides is 1. The van der Waals surface area contributed by atoms with Crippen molar-refractivity contribution >= 4 is 26.7 Å². The summed E-state index contributed by atoms with van der Waals surface area (Å²) < 4.78 is 0. The molecule has 0 saturated heterocycles. The Bertz CT molecular complexity index is 484. The normalized spacial score (nSPS) is 14.9. The van der Waals surface area contributed by atoms with Gasteiger partial charge in [0.25, 0.3) is 0 Å². The summed E-state index contributed by atoms with van der Waals surface area (Å²) in [6.07, 6.45) is 1.70. The molecule has 0 aliphatic heterocycles. The Morgan fingerprint density at radius 1 is 1.25 bits per heavy atom. The number of nitrogens with zero attached hydrogens (tertiary/aromatic N) is 1. The molecular weight excluding hydrogens is 270 g/mol. The quantitative estimate of drug-likeness (QED) is 0.847. The van der Waals surface area contributed by atoms with Gasteiger partial charge in [0, 0.05) is 23.1 Å². The zero-order valence-electron chi connectivity index (χ0n) is 8.55. The van der Waals surface area contributed by atoms with E-state index in [1.807, 2.05) is 18.2 Å². The lowest BCUT2D eigenvalue weighted by Gasteiger charge is -2.17. The van der Waals surface area contributed by atoms with E-state index >= 15 is 0 Å². The molecule has 1 aromatic carbocycles. The highest BCUT2D eigenvalue weighted by atomic mass is 79.9. The zero-order chi connectivity index (χ0) is 11.5. The van der Waals surface area contributed by atoms with Crippen LogP contribution in [0.1, 0.15) is 11.7 Å². The molecule has 0 saturated carbocycles. The summed E-state index contributed by atoms with van der Waals surface area (Å²) in [5.41, 5.74) is 0.706. The molecule has 3 nitrogen and oxygen atoms in total. The summed E-state index contributed by atoms with van der Waals surface area (Å²) in [6.45, 7) is 0. The van der Waals surface area contributed by atoms with Crippen LogP contribution < -0.4 is 0 Å². The average Bonchev–Trinajstić information content (AvgIpc) is 2.36. The van der Waals surface area contributed by atoms with Crippen molar-refractivity contribution in [2.75, 3.05) is 5.33 Å². The number of aliphatic hydroxyl groups is 2. The van der Waals surface area contributed by atoms with Crippen LogP contribution in [-0.4, -0.2) is 26.6 Å². The molecule has 0 bridgehead atoms. The molecule has 0 aliphatic carbocycles. The van der Waals surface area contributed by atoms with Crippen molar-refractivity contribution in [2.24, 2.45) is 0 Å². The molecule has 0 fully saturated rings. The van der Waals surface area contributed by atoms with Gasteiger partial charge < -0.3 is 10.2 Å². The van der Waals surface area contributed by atoms with Gasteiger partial charge >= 0.3 is 0 Å². The third-order valence-corrected chi connectivity index (χ3v) is 3.22. The van der Waals surface area contributed by atoms with Crippen molar-refractivity contribution in [3.05, 3.63) is 42.2 Å². The highest BCUT2D eigenvalue weighted by Crippen LogP contribution is 2.26. The molecule has 0 aliphatic rings. The molecule has 2 N–H and O–H groups in total. The maximum Gasteiger partial charge on any atom is 0.106 e. The molecule has 2 atom stereocenters. The predicted octanol–water partition coefficient (Wildman–Crippen LogP) is 2.02. The number of benzene rings is 1. The van der Waals surface area contributed by atoms with Gasteiger partial charge in [0.1, 0.15) is 6.10 Å². The summed E-state index contributed by atoms with van der Waals surface area (Å²) in [6, 6.07) is 7.50. The number of aromatic nitrogens is 1. The molecule has 1 aromatic heterocycles. The van der Waals surface area contributed by atoms with E-state index in [2.05, 4.69) is 20.9 Å². The Labute approximate surface area is 102 Å². The maximum absolute atomic E-state index is 9.98. The number of hydrogen-bond acceptors (Lipinski definition) is 3. The van der Waals surface area contributed by atoms with Gasteiger partial charge in [-0.2, -0.15) is 0 Å². The number of halogens is 1. The monoisotopic (exact) mass is 281 g/mol. The van der Waals surface area contributed by atoms with Gasteiger partial charge in [-0.25, -0.2) is 0 Å². The Morgan fingerprint density at radius 3 is 2.81 bits per heavy atom. The second kappa shape index (κ2) is 4.91. The van der Waals surface area contributed by atoms with Crippen molar-refractivity contribution in [2.45, 2.75) is 12.2 Å². The van der Waals surface area contributed by atoms with Gasteiger partial charge in [0.2, 0.25) is 0 Å². The standard InChI is InChI=1S/C12H12BrNO2/c13-6-11(15)12(16)9-3-1-2-8-4-5-14-7-10(8)9/h1-5,7,11-12,15-16H,6H2. The van der Waals surface area contributed by atoms with Crippen molar-refractivity contribution in [3.63, 3.8) is 0 Å². The van der Waals surface area contributed by atoms with Crippen LogP contribution in [0.3, 0.4) is 0 Å². The molecular formula is C12H12BrNO2. The highest BCUT2D eigenvalue weighted by Gasteiger charge is 2.18. The lowest BCUT2D eigenvalue weighted by atomic mass is 9.99. The molecule has 4 heteroatoms. The van der Waals surface area contributed by atoms with Gasteiger partial charge in [0.15, 0.2) is 0 Å². The van der Waals surface area contributed by atoms with E-state index in [0.717, 1.165) is 10.8 Å². The predicted molar refractivity (Wildman–Crippen MR) is 66.5 cm³/mol. The number of hydrogen-bond donors (Lipinski definition) is 2. The van der Waals surface area contributed by atoms with Crippen LogP contribution in [0.2, 0.25) is 0 Å². The van der Waals surface area contributed by atoms with Crippen LogP contribution in [0.5, 0.6) is 0 Å². The van der Waals surface area contributed by atoms with Crippen LogP contribution >= 0.6 is 15.9 Å². The highest BCUT2D eigenvalue weighted by molar-refractivity contribution is 9.09. The minimum atomic E-state index is -0.896. The largest absolute Gasteiger partial charge is 0.389 e. The third-order valence-electron chi connectivity index (χ3n) is 2.56. The van der Waals surface area contributed by atoms with E-state index < -0.39 is 12.2 Å². The fourth-order valence-electron chi connectivity index (χ4n) is 1.69. The molecule has 0 spiro atoms. The Hall–Kier alpha value is -0.970. The summed E-state index contributed by atoms with van der Waals surface area (Å²) in [7, 11) is 0. The van der Waals surface area contributed by atoms with E-state index in [-0.39, 0.29) is 0 Å². The molecule has 16 heavy (non-hydrogen) atoms. The van der Waals surface area contributed by atoms with Gasteiger partial charge in [-0.1, -0.05) is 34.1 Å². The van der Waals surface area contributed by atoms with Gasteiger partial charge in [-0.05, 0) is 17.0 Å². The summed E-state index contributed by atoms with van der Waals surface area (Å²) in [5.74, 6) is 0. The minimum absolute atomic E-state index is 0.338. The molecule has 2 unspecified atom stereocenters. The lowest BCUT2D eigenvalue weighted by Crippen LogP contribution is -2.19. The van der Waals surface area contributed by atoms with Gasteiger partial charge in [-0.15, -0.1) is 0 Å². The van der Waals surface area contributed by atoms with E-state index in [0.29, 0.717) is 10.9 Å². The number of pyridine rings is 1. The molecule has 0 amide bonds. The zero-order valence-corrected chi connectivity index (χ0v) is 10.1. The van der Waals surface area contributed by atoms with Crippen molar-refractivity contribution < 1.29 is 10.2 Å². The van der Waals surface area contributed by atoms with Gasteiger partial charge in [0.05, 0.1) is 6.10 Å². The Balaban J connectivity index is 2.52. The average molecular weight is 282 g/mol. The van der Waals surface area contributed by atoms with Crippen molar-refractivity contribution in [1.82, 2.24) is 4.98 Å². The second-order valence-corrected chi connectivity index (χ2v) is 4.26. The third kappa shape index (κ3) is 2.09. The molecule has 84 valence electrons. The van der Waals surface area contributed by atoms with Crippen LogP contribution in [0.15, 0.2) is 36.7 Å². The van der Waals surface area contributed by atoms with Crippen LogP contribution in [-0.2, 0) is 0 Å². The Kier molecular flexibility index (Phi) is 3.53. The van der Waals surface area contributed by atoms with E-state index in [9.17, 15) is 10.2 Å². The van der Waals surface area contributed by atoms with Crippen LogP contribution in [0.25, 0.3) is 10.8 Å². The van der Waals surface area contributed by atoms with Crippen LogP contribution in [0.4, 0.5) is 0 Å². The summed E-state index contributed by atoms with van der Waals surface area (Å²) in [4.78, 5) is 4.04. The van der Waals surface area contributed by atoms with E-state index in [1.54, 1.807) is 18.5 Å². The molecule has 1 heterocycles. The van der Waals surface area contributed by atoms with E-state index in [4.69, 9.17) is 0 Å². The number of fused-ring (bicyclic) bond motifs is 1. The number of aliphatic hydroxyl groups excluding tert-OH is 2. The first-order valence-corrected chi connectivity index (χ1v) is 6.11. The summed E-state index contributed by atoms with van der Waals surface area (Å²) in [5, 5.41) is 21.8. The van der Waals surface area contributed by atoms with Crippen LogP contribution in [0, 0.1) is 0 Å². The van der Waals surface area contributed by atoms with Crippen molar-refractivity contribution in [3.8, 4) is 0 Å². The maximum atomic E-state index is 9.98. The minimum Gasteiger partial charge on any atom is -0.389 e. The number of rotatable bonds is 3. The lowest BCUT2D eigenvalue weighted by molar-refractivity contribution is 0.0352. The first-order chi connectivity index (χ1) is 7.74. The first-order valence-electron chi connectivity index (χ1n) is 4.99. The van der Waals surface area contributed by atoms with E-state index in [1.165, 1.54) is 0 Å². The Morgan fingerprint density at radius 2 is 2.06 bits per heavy atom. The first kappa shape index (κ1) is 11.5. The topological polar surface area (TPSA) is 53.4 Å². The summed E-state index contributed by atoms with van der Waals surface area (Å²) >= 11 is 3.15. The second-order valence-electron chi connectivity index (χ2n) is 3.61. The fraction of sp³-hybridized carbons (Fsp3) is 0.250. The fourth-order valence-corrected chi connectivity index (χ4v) is 2.04. The molecule has 2 rings (SSSR count). The van der Waals surface area contributed by atoms with Gasteiger partial charge in [-0.3, -0.25) is 4.98 Å². The molecule has 0 radical (unpaired) electrons.